The minimum Gasteiger partial charge on any atom is -0.396 e. The molecule has 4 nitrogen and oxygen atoms in total. The molecule has 3 fully saturated rings. The summed E-state index contributed by atoms with van der Waals surface area (Å²) in [7, 11) is 0. The fourth-order valence-electron chi connectivity index (χ4n) is 4.39. The van der Waals surface area contributed by atoms with Crippen LogP contribution in [0.1, 0.15) is 46.0 Å². The molecule has 0 aromatic rings. The first kappa shape index (κ1) is 16.7. The number of piperazine rings is 1. The third-order valence-electron chi connectivity index (χ3n) is 5.99. The van der Waals surface area contributed by atoms with Crippen LogP contribution in [0.15, 0.2) is 0 Å². The van der Waals surface area contributed by atoms with Crippen LogP contribution in [0, 0.1) is 5.92 Å². The second kappa shape index (κ2) is 7.61. The Balaban J connectivity index is 1.53. The Kier molecular flexibility index (Phi) is 5.77. The molecule has 1 aliphatic carbocycles. The zero-order valence-electron chi connectivity index (χ0n) is 14.6. The highest BCUT2D eigenvalue weighted by Gasteiger charge is 2.35. The van der Waals surface area contributed by atoms with Crippen LogP contribution in [-0.4, -0.2) is 83.8 Å². The molecule has 1 atom stereocenters. The summed E-state index contributed by atoms with van der Waals surface area (Å²) < 4.78 is 0. The van der Waals surface area contributed by atoms with Gasteiger partial charge in [-0.05, 0) is 65.0 Å². The number of aliphatic hydroxyl groups is 1. The van der Waals surface area contributed by atoms with E-state index in [0.717, 1.165) is 18.4 Å². The first-order chi connectivity index (χ1) is 10.7. The summed E-state index contributed by atoms with van der Waals surface area (Å²) in [6, 6.07) is 2.01. The van der Waals surface area contributed by atoms with E-state index in [1.165, 1.54) is 65.0 Å². The monoisotopic (exact) mass is 309 g/mol. The highest BCUT2D eigenvalue weighted by atomic mass is 16.3. The number of nitrogens with zero attached hydrogens (tertiary/aromatic N) is 3. The minimum absolute atomic E-state index is 0.337. The van der Waals surface area contributed by atoms with Gasteiger partial charge in [-0.25, -0.2) is 0 Å². The molecule has 1 N–H and O–H groups in total. The standard InChI is InChI=1S/C18H35N3O/c1-15(2)20-8-5-17(6-9-20)21-11-10-19(13-16-3-4-16)14-18(21)7-12-22/h15-18,22H,3-14H2,1-2H3. The Bertz CT molecular complexity index is 337. The van der Waals surface area contributed by atoms with Crippen LogP contribution in [0.4, 0.5) is 0 Å². The van der Waals surface area contributed by atoms with Crippen molar-refractivity contribution >= 4 is 0 Å². The van der Waals surface area contributed by atoms with Gasteiger partial charge in [0.15, 0.2) is 0 Å². The summed E-state index contributed by atoms with van der Waals surface area (Å²) in [6.07, 6.45) is 6.45. The average molecular weight is 309 g/mol. The molecule has 0 spiro atoms. The molecule has 0 radical (unpaired) electrons. The molecule has 1 unspecified atom stereocenters. The van der Waals surface area contributed by atoms with Crippen LogP contribution in [0.5, 0.6) is 0 Å². The van der Waals surface area contributed by atoms with Crippen LogP contribution in [0.3, 0.4) is 0 Å². The van der Waals surface area contributed by atoms with Gasteiger partial charge in [0.2, 0.25) is 0 Å². The molecule has 22 heavy (non-hydrogen) atoms. The summed E-state index contributed by atoms with van der Waals surface area (Å²) in [5.74, 6) is 0.982. The van der Waals surface area contributed by atoms with Gasteiger partial charge in [-0.1, -0.05) is 0 Å². The highest BCUT2D eigenvalue weighted by molar-refractivity contribution is 4.91. The van der Waals surface area contributed by atoms with E-state index in [9.17, 15) is 5.11 Å². The lowest BCUT2D eigenvalue weighted by Crippen LogP contribution is -2.59. The summed E-state index contributed by atoms with van der Waals surface area (Å²) in [5, 5.41) is 9.48. The Hall–Kier alpha value is -0.160. The van der Waals surface area contributed by atoms with Crippen LogP contribution >= 0.6 is 0 Å². The first-order valence-corrected chi connectivity index (χ1v) is 9.50. The minimum atomic E-state index is 0.337. The fraction of sp³-hybridized carbons (Fsp3) is 1.00. The molecule has 0 bridgehead atoms. The van der Waals surface area contributed by atoms with Gasteiger partial charge in [0.05, 0.1) is 0 Å². The second-order valence-corrected chi connectivity index (χ2v) is 7.97. The summed E-state index contributed by atoms with van der Waals surface area (Å²) in [4.78, 5) is 8.02. The van der Waals surface area contributed by atoms with Crippen LogP contribution < -0.4 is 0 Å². The smallest absolute Gasteiger partial charge is 0.0446 e. The molecule has 128 valence electrons. The van der Waals surface area contributed by atoms with E-state index in [-0.39, 0.29) is 0 Å². The molecule has 2 heterocycles. The molecule has 0 aromatic carbocycles. The molecule has 3 rings (SSSR count). The maximum absolute atomic E-state index is 9.48. The van der Waals surface area contributed by atoms with Crippen molar-refractivity contribution in [3.63, 3.8) is 0 Å². The van der Waals surface area contributed by atoms with Gasteiger partial charge < -0.3 is 14.9 Å². The number of hydrogen-bond donors (Lipinski definition) is 1. The quantitative estimate of drug-likeness (QED) is 0.808. The number of likely N-dealkylation sites (tertiary alicyclic amines) is 1. The lowest BCUT2D eigenvalue weighted by molar-refractivity contribution is 0.00112. The molecular weight excluding hydrogens is 274 g/mol. The Morgan fingerprint density at radius 3 is 2.32 bits per heavy atom. The second-order valence-electron chi connectivity index (χ2n) is 7.97. The predicted octanol–water partition coefficient (Wildman–Crippen LogP) is 1.64. The molecule has 1 saturated carbocycles. The molecular formula is C18H35N3O. The van der Waals surface area contributed by atoms with Gasteiger partial charge in [0, 0.05) is 50.9 Å². The molecule has 0 aromatic heterocycles. The summed E-state index contributed by atoms with van der Waals surface area (Å²) >= 11 is 0. The lowest BCUT2D eigenvalue weighted by atomic mass is 9.97. The van der Waals surface area contributed by atoms with Crippen LogP contribution in [0.25, 0.3) is 0 Å². The number of rotatable bonds is 6. The van der Waals surface area contributed by atoms with Gasteiger partial charge in [0.25, 0.3) is 0 Å². The first-order valence-electron chi connectivity index (χ1n) is 9.50. The SMILES string of the molecule is CC(C)N1CCC(N2CCN(CC3CC3)CC2CCO)CC1. The zero-order valence-corrected chi connectivity index (χ0v) is 14.6. The largest absolute Gasteiger partial charge is 0.396 e. The van der Waals surface area contributed by atoms with E-state index in [1.54, 1.807) is 0 Å². The van der Waals surface area contributed by atoms with Crippen molar-refractivity contribution < 1.29 is 5.11 Å². The van der Waals surface area contributed by atoms with Gasteiger partial charge in [0.1, 0.15) is 0 Å². The van der Waals surface area contributed by atoms with Crippen molar-refractivity contribution in [2.75, 3.05) is 45.9 Å². The Labute approximate surface area is 136 Å². The van der Waals surface area contributed by atoms with Gasteiger partial charge >= 0.3 is 0 Å². The molecule has 2 aliphatic heterocycles. The van der Waals surface area contributed by atoms with Crippen LogP contribution in [-0.2, 0) is 0 Å². The molecule has 4 heteroatoms. The van der Waals surface area contributed by atoms with E-state index in [1.807, 2.05) is 0 Å². The highest BCUT2D eigenvalue weighted by Crippen LogP contribution is 2.31. The number of piperidine rings is 1. The van der Waals surface area contributed by atoms with Gasteiger partial charge in [-0.2, -0.15) is 0 Å². The van der Waals surface area contributed by atoms with Crippen molar-refractivity contribution in [2.45, 2.75) is 64.1 Å². The number of aliphatic hydroxyl groups excluding tert-OH is 1. The maximum atomic E-state index is 9.48. The zero-order chi connectivity index (χ0) is 15.5. The van der Waals surface area contributed by atoms with Gasteiger partial charge in [-0.15, -0.1) is 0 Å². The van der Waals surface area contributed by atoms with E-state index >= 15 is 0 Å². The van der Waals surface area contributed by atoms with E-state index < -0.39 is 0 Å². The Morgan fingerprint density at radius 2 is 1.73 bits per heavy atom. The normalized spacial score (nSPS) is 30.3. The van der Waals surface area contributed by atoms with Crippen LogP contribution in [0.2, 0.25) is 0 Å². The summed E-state index contributed by atoms with van der Waals surface area (Å²) in [5.41, 5.74) is 0. The van der Waals surface area contributed by atoms with Crippen molar-refractivity contribution in [3.8, 4) is 0 Å². The predicted molar refractivity (Wildman–Crippen MR) is 91.1 cm³/mol. The third-order valence-corrected chi connectivity index (χ3v) is 5.99. The van der Waals surface area contributed by atoms with Crippen molar-refractivity contribution in [1.29, 1.82) is 0 Å². The van der Waals surface area contributed by atoms with E-state index in [4.69, 9.17) is 0 Å². The Morgan fingerprint density at radius 1 is 1.00 bits per heavy atom. The van der Waals surface area contributed by atoms with E-state index in [2.05, 4.69) is 28.5 Å². The summed E-state index contributed by atoms with van der Waals surface area (Å²) in [6.45, 7) is 12.4. The topological polar surface area (TPSA) is 30.0 Å². The van der Waals surface area contributed by atoms with Gasteiger partial charge in [-0.3, -0.25) is 4.90 Å². The van der Waals surface area contributed by atoms with Crippen molar-refractivity contribution in [1.82, 2.24) is 14.7 Å². The molecule has 0 amide bonds. The van der Waals surface area contributed by atoms with E-state index in [0.29, 0.717) is 18.7 Å². The third kappa shape index (κ3) is 4.22. The molecule has 3 aliphatic rings. The van der Waals surface area contributed by atoms with Crippen molar-refractivity contribution in [2.24, 2.45) is 5.92 Å². The van der Waals surface area contributed by atoms with Crippen molar-refractivity contribution in [3.05, 3.63) is 0 Å². The fourth-order valence-corrected chi connectivity index (χ4v) is 4.39. The molecule has 2 saturated heterocycles. The maximum Gasteiger partial charge on any atom is 0.0446 e. The number of hydrogen-bond acceptors (Lipinski definition) is 4. The lowest BCUT2D eigenvalue weighted by Gasteiger charge is -2.48. The average Bonchev–Trinajstić information content (AvgIpc) is 3.32.